The topological polar surface area (TPSA) is 76.4 Å². The lowest BCUT2D eigenvalue weighted by Gasteiger charge is -2.33. The van der Waals surface area contributed by atoms with Crippen molar-refractivity contribution in [3.8, 4) is 6.07 Å². The van der Waals surface area contributed by atoms with Gasteiger partial charge in [-0.25, -0.2) is 4.79 Å². The molecule has 1 saturated heterocycles. The Morgan fingerprint density at radius 3 is 2.32 bits per heavy atom. The van der Waals surface area contributed by atoms with Crippen molar-refractivity contribution in [2.24, 2.45) is 0 Å². The summed E-state index contributed by atoms with van der Waals surface area (Å²) in [6.45, 7) is 11.9. The smallest absolute Gasteiger partial charge is 0.334 e. The zero-order chi connectivity index (χ0) is 22.6. The van der Waals surface area contributed by atoms with Crippen LogP contribution in [0.2, 0.25) is 19.6 Å². The molecule has 0 spiro atoms. The zero-order valence-electron chi connectivity index (χ0n) is 19.0. The Morgan fingerprint density at radius 2 is 1.81 bits per heavy atom. The third-order valence-electron chi connectivity index (χ3n) is 6.22. The molecule has 0 bridgehead atoms. The number of nitrogens with zero attached hydrogens (tertiary/aromatic N) is 2. The molecule has 1 fully saturated rings. The first-order chi connectivity index (χ1) is 14.7. The number of likely N-dealkylation sites (tertiary alicyclic amines) is 1. The number of nitriles is 1. The van der Waals surface area contributed by atoms with Gasteiger partial charge in [-0.1, -0.05) is 50.0 Å². The molecular weight excluding hydrogens is 402 g/mol. The third-order valence-corrected chi connectivity index (χ3v) is 8.24. The average molecular weight is 436 g/mol. The lowest BCUT2D eigenvalue weighted by atomic mass is 9.85. The first-order valence-electron chi connectivity index (χ1n) is 11.1. The van der Waals surface area contributed by atoms with Crippen LogP contribution in [0, 0.1) is 11.3 Å². The van der Waals surface area contributed by atoms with Crippen LogP contribution in [-0.2, 0) is 16.9 Å². The monoisotopic (exact) mass is 435 g/mol. The SMILES string of the molecule is CCC(Nc1ccc(C#N)cc1)(C(=O)O)c1cc(CN2CCCC2)cc([Si](C)(C)C)c1. The van der Waals surface area contributed by atoms with Crippen molar-refractivity contribution < 1.29 is 9.90 Å². The van der Waals surface area contributed by atoms with E-state index in [9.17, 15) is 9.90 Å². The summed E-state index contributed by atoms with van der Waals surface area (Å²) >= 11 is 0. The molecule has 1 aliphatic heterocycles. The second-order valence-corrected chi connectivity index (χ2v) is 14.6. The Hall–Kier alpha value is -2.62. The lowest BCUT2D eigenvalue weighted by molar-refractivity contribution is -0.142. The standard InChI is InChI=1S/C25H33N3O2Si/c1-5-25(24(29)30,27-22-10-8-19(17-26)9-11-22)21-14-20(18-28-12-6-7-13-28)15-23(16-21)31(2,3)4/h8-11,14-16,27H,5-7,12-13,18H2,1-4H3,(H,29,30). The fraction of sp³-hybridized carbons (Fsp3) is 0.440. The van der Waals surface area contributed by atoms with Gasteiger partial charge in [-0.05, 0) is 67.7 Å². The molecule has 31 heavy (non-hydrogen) atoms. The van der Waals surface area contributed by atoms with Crippen molar-refractivity contribution in [1.29, 1.82) is 5.26 Å². The number of carbonyl (C=O) groups is 1. The molecule has 0 aromatic heterocycles. The summed E-state index contributed by atoms with van der Waals surface area (Å²) in [7, 11) is -1.66. The van der Waals surface area contributed by atoms with Gasteiger partial charge in [0.05, 0.1) is 19.7 Å². The van der Waals surface area contributed by atoms with Crippen LogP contribution in [0.4, 0.5) is 5.69 Å². The molecule has 1 aliphatic rings. The molecule has 1 unspecified atom stereocenters. The first-order valence-corrected chi connectivity index (χ1v) is 14.6. The molecule has 2 N–H and O–H groups in total. The molecule has 164 valence electrons. The zero-order valence-corrected chi connectivity index (χ0v) is 20.0. The molecule has 2 aromatic carbocycles. The van der Waals surface area contributed by atoms with Crippen molar-refractivity contribution in [3.63, 3.8) is 0 Å². The minimum atomic E-state index is -1.66. The highest BCUT2D eigenvalue weighted by Gasteiger charge is 2.40. The number of benzene rings is 2. The van der Waals surface area contributed by atoms with Crippen LogP contribution in [0.3, 0.4) is 0 Å². The second kappa shape index (κ2) is 9.25. The van der Waals surface area contributed by atoms with E-state index in [1.54, 1.807) is 24.3 Å². The van der Waals surface area contributed by atoms with E-state index in [-0.39, 0.29) is 0 Å². The minimum Gasteiger partial charge on any atom is -0.479 e. The molecular formula is C25H33N3O2Si. The van der Waals surface area contributed by atoms with Crippen molar-refractivity contribution in [1.82, 2.24) is 4.90 Å². The summed E-state index contributed by atoms with van der Waals surface area (Å²) in [4.78, 5) is 15.1. The van der Waals surface area contributed by atoms with Crippen LogP contribution >= 0.6 is 0 Å². The van der Waals surface area contributed by atoms with Gasteiger partial charge in [0.25, 0.3) is 0 Å². The second-order valence-electron chi connectivity index (χ2n) is 9.53. The Morgan fingerprint density at radius 1 is 1.16 bits per heavy atom. The van der Waals surface area contributed by atoms with Gasteiger partial charge in [-0.2, -0.15) is 5.26 Å². The molecule has 3 rings (SSSR count). The highest BCUT2D eigenvalue weighted by Crippen LogP contribution is 2.32. The van der Waals surface area contributed by atoms with Crippen LogP contribution in [0.1, 0.15) is 42.9 Å². The van der Waals surface area contributed by atoms with E-state index in [2.05, 4.69) is 54.1 Å². The maximum absolute atomic E-state index is 12.7. The number of rotatable bonds is 8. The van der Waals surface area contributed by atoms with Crippen molar-refractivity contribution >= 4 is 24.9 Å². The van der Waals surface area contributed by atoms with Crippen LogP contribution in [0.25, 0.3) is 0 Å². The van der Waals surface area contributed by atoms with E-state index in [1.165, 1.54) is 23.6 Å². The van der Waals surface area contributed by atoms with Gasteiger partial charge < -0.3 is 10.4 Å². The Labute approximate surface area is 186 Å². The molecule has 6 heteroatoms. The van der Waals surface area contributed by atoms with Crippen molar-refractivity contribution in [2.75, 3.05) is 18.4 Å². The maximum Gasteiger partial charge on any atom is 0.334 e. The van der Waals surface area contributed by atoms with Gasteiger partial charge in [-0.15, -0.1) is 0 Å². The molecule has 2 aromatic rings. The normalized spacial score (nSPS) is 16.5. The molecule has 0 aliphatic carbocycles. The highest BCUT2D eigenvalue weighted by atomic mass is 28.3. The van der Waals surface area contributed by atoms with Gasteiger partial charge in [0, 0.05) is 12.2 Å². The summed E-state index contributed by atoms with van der Waals surface area (Å²) in [6.07, 6.45) is 2.87. The fourth-order valence-corrected chi connectivity index (χ4v) is 5.44. The van der Waals surface area contributed by atoms with Crippen LogP contribution in [0.5, 0.6) is 0 Å². The molecule has 1 atom stereocenters. The summed E-state index contributed by atoms with van der Waals surface area (Å²) in [5.74, 6) is -0.890. The molecule has 5 nitrogen and oxygen atoms in total. The number of aliphatic carboxylic acids is 1. The van der Waals surface area contributed by atoms with Crippen LogP contribution < -0.4 is 10.5 Å². The molecule has 1 heterocycles. The van der Waals surface area contributed by atoms with E-state index in [4.69, 9.17) is 5.26 Å². The minimum absolute atomic E-state index is 0.403. The van der Waals surface area contributed by atoms with Crippen LogP contribution in [-0.4, -0.2) is 37.1 Å². The van der Waals surface area contributed by atoms with Gasteiger partial charge >= 0.3 is 5.97 Å². The van der Waals surface area contributed by atoms with Crippen LogP contribution in [0.15, 0.2) is 42.5 Å². The quantitative estimate of drug-likeness (QED) is 0.597. The van der Waals surface area contributed by atoms with E-state index < -0.39 is 19.6 Å². The summed E-state index contributed by atoms with van der Waals surface area (Å²) < 4.78 is 0. The summed E-state index contributed by atoms with van der Waals surface area (Å²) in [5, 5.41) is 24.0. The Bertz CT molecular complexity index is 970. The number of nitrogens with one attached hydrogen (secondary N) is 1. The average Bonchev–Trinajstić information content (AvgIpc) is 3.24. The van der Waals surface area contributed by atoms with E-state index in [1.807, 2.05) is 6.92 Å². The Balaban J connectivity index is 2.07. The number of carboxylic acids is 1. The Kier molecular flexibility index (Phi) is 6.88. The third kappa shape index (κ3) is 5.17. The predicted octanol–water partition coefficient (Wildman–Crippen LogP) is 4.50. The lowest BCUT2D eigenvalue weighted by Crippen LogP contribution is -2.45. The first kappa shape index (κ1) is 23.0. The summed E-state index contributed by atoms with van der Waals surface area (Å²) in [5.41, 5.74) is 2.02. The highest BCUT2D eigenvalue weighted by molar-refractivity contribution is 6.88. The van der Waals surface area contributed by atoms with Crippen molar-refractivity contribution in [3.05, 3.63) is 59.2 Å². The van der Waals surface area contributed by atoms with Gasteiger partial charge in [-0.3, -0.25) is 4.90 Å². The maximum atomic E-state index is 12.7. The largest absolute Gasteiger partial charge is 0.479 e. The van der Waals surface area contributed by atoms with Gasteiger partial charge in [0.15, 0.2) is 5.54 Å². The van der Waals surface area contributed by atoms with Crippen molar-refractivity contribution in [2.45, 2.75) is 57.9 Å². The number of carboxylic acid groups (broad SMARTS) is 1. The number of hydrogen-bond donors (Lipinski definition) is 2. The van der Waals surface area contributed by atoms with E-state index in [0.717, 1.165) is 25.2 Å². The number of anilines is 1. The van der Waals surface area contributed by atoms with Gasteiger partial charge in [0.2, 0.25) is 0 Å². The summed E-state index contributed by atoms with van der Waals surface area (Å²) in [6, 6.07) is 15.6. The van der Waals surface area contributed by atoms with E-state index >= 15 is 0 Å². The fourth-order valence-electron chi connectivity index (χ4n) is 4.23. The van der Waals surface area contributed by atoms with E-state index in [0.29, 0.717) is 17.7 Å². The van der Waals surface area contributed by atoms with Gasteiger partial charge in [0.1, 0.15) is 0 Å². The molecule has 0 amide bonds. The molecule has 0 saturated carbocycles. The number of hydrogen-bond acceptors (Lipinski definition) is 4. The molecule has 0 radical (unpaired) electrons. The predicted molar refractivity (Wildman–Crippen MR) is 128 cm³/mol.